The Kier molecular flexibility index (Phi) is 3.31. The van der Waals surface area contributed by atoms with E-state index in [2.05, 4.69) is 5.32 Å². The fourth-order valence-electron chi connectivity index (χ4n) is 1.28. The van der Waals surface area contributed by atoms with E-state index in [1.165, 1.54) is 6.92 Å². The van der Waals surface area contributed by atoms with Gasteiger partial charge in [-0.15, -0.1) is 6.42 Å². The molecule has 2 N–H and O–H groups in total. The molecule has 0 aliphatic carbocycles. The largest absolute Gasteiger partial charge is 0.479 e. The third-order valence-electron chi connectivity index (χ3n) is 2.27. The van der Waals surface area contributed by atoms with Crippen molar-refractivity contribution in [3.63, 3.8) is 0 Å². The molecule has 16 heavy (non-hydrogen) atoms. The standard InChI is InChI=1S/C12H11NO3/c1-3-10(14)13-12(2,11(15)16)9-7-5-4-6-8-9/h1,4-8H,2H3,(H,13,14)(H,15,16). The van der Waals surface area contributed by atoms with Crippen LogP contribution < -0.4 is 5.32 Å². The molecule has 0 saturated heterocycles. The summed E-state index contributed by atoms with van der Waals surface area (Å²) >= 11 is 0. The number of terminal acetylenes is 1. The summed E-state index contributed by atoms with van der Waals surface area (Å²) in [7, 11) is 0. The number of benzene rings is 1. The van der Waals surface area contributed by atoms with Crippen LogP contribution in [0.25, 0.3) is 0 Å². The van der Waals surface area contributed by atoms with Gasteiger partial charge in [0.15, 0.2) is 5.54 Å². The number of amides is 1. The van der Waals surface area contributed by atoms with Crippen molar-refractivity contribution in [1.29, 1.82) is 0 Å². The predicted molar refractivity (Wildman–Crippen MR) is 58.4 cm³/mol. The van der Waals surface area contributed by atoms with Gasteiger partial charge in [0.05, 0.1) is 0 Å². The summed E-state index contributed by atoms with van der Waals surface area (Å²) in [4.78, 5) is 22.3. The van der Waals surface area contributed by atoms with Crippen LogP contribution in [-0.4, -0.2) is 17.0 Å². The molecule has 1 amide bonds. The molecule has 0 radical (unpaired) electrons. The van der Waals surface area contributed by atoms with E-state index in [9.17, 15) is 9.59 Å². The Morgan fingerprint density at radius 2 is 1.94 bits per heavy atom. The summed E-state index contributed by atoms with van der Waals surface area (Å²) in [5.74, 6) is -0.0884. The van der Waals surface area contributed by atoms with Gasteiger partial charge in [0.1, 0.15) is 0 Å². The van der Waals surface area contributed by atoms with E-state index in [4.69, 9.17) is 11.5 Å². The molecule has 0 aliphatic heterocycles. The Balaban J connectivity index is 3.13. The van der Waals surface area contributed by atoms with Crippen molar-refractivity contribution < 1.29 is 14.7 Å². The van der Waals surface area contributed by atoms with Crippen LogP contribution in [0.3, 0.4) is 0 Å². The molecule has 1 rings (SSSR count). The summed E-state index contributed by atoms with van der Waals surface area (Å²) in [6.07, 6.45) is 4.90. The second-order valence-electron chi connectivity index (χ2n) is 3.39. The highest BCUT2D eigenvalue weighted by Crippen LogP contribution is 2.20. The molecule has 1 unspecified atom stereocenters. The number of hydrogen-bond donors (Lipinski definition) is 2. The minimum Gasteiger partial charge on any atom is -0.479 e. The topological polar surface area (TPSA) is 66.4 Å². The minimum atomic E-state index is -1.51. The zero-order valence-corrected chi connectivity index (χ0v) is 8.73. The molecule has 4 nitrogen and oxygen atoms in total. The number of carboxylic acids is 1. The third-order valence-corrected chi connectivity index (χ3v) is 2.27. The fourth-order valence-corrected chi connectivity index (χ4v) is 1.28. The monoisotopic (exact) mass is 217 g/mol. The van der Waals surface area contributed by atoms with Gasteiger partial charge < -0.3 is 10.4 Å². The normalized spacial score (nSPS) is 13.2. The molecule has 4 heteroatoms. The van der Waals surface area contributed by atoms with E-state index in [0.29, 0.717) is 5.56 Å². The molecular weight excluding hydrogens is 206 g/mol. The number of carboxylic acid groups (broad SMARTS) is 1. The lowest BCUT2D eigenvalue weighted by Crippen LogP contribution is -2.49. The Hall–Kier alpha value is -2.28. The van der Waals surface area contributed by atoms with Crippen molar-refractivity contribution >= 4 is 11.9 Å². The number of nitrogens with one attached hydrogen (secondary N) is 1. The maximum absolute atomic E-state index is 11.2. The maximum atomic E-state index is 11.2. The van der Waals surface area contributed by atoms with Gasteiger partial charge in [-0.1, -0.05) is 30.3 Å². The van der Waals surface area contributed by atoms with Crippen molar-refractivity contribution in [3.05, 3.63) is 35.9 Å². The first-order chi connectivity index (χ1) is 7.50. The number of aliphatic carboxylic acids is 1. The molecule has 1 atom stereocenters. The second-order valence-corrected chi connectivity index (χ2v) is 3.39. The van der Waals surface area contributed by atoms with E-state index < -0.39 is 17.4 Å². The number of carbonyl (C=O) groups excluding carboxylic acids is 1. The molecule has 1 aromatic rings. The van der Waals surface area contributed by atoms with Crippen molar-refractivity contribution in [2.24, 2.45) is 0 Å². The molecule has 82 valence electrons. The molecule has 0 spiro atoms. The average molecular weight is 217 g/mol. The van der Waals surface area contributed by atoms with Gasteiger partial charge >= 0.3 is 5.97 Å². The summed E-state index contributed by atoms with van der Waals surface area (Å²) < 4.78 is 0. The SMILES string of the molecule is C#CC(=O)NC(C)(C(=O)O)c1ccccc1. The van der Waals surface area contributed by atoms with Gasteiger partial charge in [-0.05, 0) is 18.4 Å². The third kappa shape index (κ3) is 2.20. The summed E-state index contributed by atoms with van der Waals surface area (Å²) in [6.45, 7) is 1.39. The van der Waals surface area contributed by atoms with E-state index in [-0.39, 0.29) is 0 Å². The van der Waals surface area contributed by atoms with Crippen LogP contribution in [0.2, 0.25) is 0 Å². The van der Waals surface area contributed by atoms with Gasteiger partial charge in [0, 0.05) is 0 Å². The van der Waals surface area contributed by atoms with Crippen LogP contribution in [-0.2, 0) is 15.1 Å². The van der Waals surface area contributed by atoms with Crippen LogP contribution in [0.15, 0.2) is 30.3 Å². The molecule has 0 bridgehead atoms. The van der Waals surface area contributed by atoms with Gasteiger partial charge in [0.25, 0.3) is 5.91 Å². The lowest BCUT2D eigenvalue weighted by atomic mass is 9.92. The van der Waals surface area contributed by atoms with Crippen LogP contribution in [0, 0.1) is 12.3 Å². The lowest BCUT2D eigenvalue weighted by molar-refractivity contribution is -0.146. The average Bonchev–Trinajstić information content (AvgIpc) is 2.29. The van der Waals surface area contributed by atoms with Crippen LogP contribution in [0.4, 0.5) is 0 Å². The van der Waals surface area contributed by atoms with Crippen LogP contribution in [0.5, 0.6) is 0 Å². The van der Waals surface area contributed by atoms with Crippen molar-refractivity contribution in [3.8, 4) is 12.3 Å². The van der Waals surface area contributed by atoms with E-state index in [0.717, 1.165) is 0 Å². The van der Waals surface area contributed by atoms with E-state index in [1.54, 1.807) is 30.3 Å². The molecule has 0 aromatic heterocycles. The predicted octanol–water partition coefficient (Wildman–Crippen LogP) is 0.736. The minimum absolute atomic E-state index is 0.464. The molecule has 0 aliphatic rings. The van der Waals surface area contributed by atoms with E-state index >= 15 is 0 Å². The van der Waals surface area contributed by atoms with Crippen molar-refractivity contribution in [2.45, 2.75) is 12.5 Å². The van der Waals surface area contributed by atoms with Crippen molar-refractivity contribution in [2.75, 3.05) is 0 Å². The summed E-state index contributed by atoms with van der Waals surface area (Å²) in [5, 5.41) is 11.4. The Labute approximate surface area is 93.3 Å². The highest BCUT2D eigenvalue weighted by molar-refractivity contribution is 5.97. The van der Waals surface area contributed by atoms with Gasteiger partial charge in [-0.3, -0.25) is 4.79 Å². The molecule has 0 heterocycles. The maximum Gasteiger partial charge on any atom is 0.333 e. The first kappa shape index (κ1) is 11.8. The summed E-state index contributed by atoms with van der Waals surface area (Å²) in [6, 6.07) is 8.38. The number of hydrogen-bond acceptors (Lipinski definition) is 2. The van der Waals surface area contributed by atoms with Gasteiger partial charge in [0.2, 0.25) is 0 Å². The van der Waals surface area contributed by atoms with Gasteiger partial charge in [-0.25, -0.2) is 4.79 Å². The number of carbonyl (C=O) groups is 2. The van der Waals surface area contributed by atoms with Crippen LogP contribution in [0.1, 0.15) is 12.5 Å². The zero-order chi connectivity index (χ0) is 12.2. The van der Waals surface area contributed by atoms with Crippen LogP contribution >= 0.6 is 0 Å². The number of rotatable bonds is 3. The molecular formula is C12H11NO3. The molecule has 0 saturated carbocycles. The quantitative estimate of drug-likeness (QED) is 0.734. The smallest absolute Gasteiger partial charge is 0.333 e. The zero-order valence-electron chi connectivity index (χ0n) is 8.73. The Bertz CT molecular complexity index is 447. The van der Waals surface area contributed by atoms with Crippen molar-refractivity contribution in [1.82, 2.24) is 5.32 Å². The molecule has 1 aromatic carbocycles. The lowest BCUT2D eigenvalue weighted by Gasteiger charge is -2.25. The second kappa shape index (κ2) is 4.49. The van der Waals surface area contributed by atoms with Gasteiger partial charge in [-0.2, -0.15) is 0 Å². The highest BCUT2D eigenvalue weighted by Gasteiger charge is 2.36. The first-order valence-corrected chi connectivity index (χ1v) is 4.58. The fraction of sp³-hybridized carbons (Fsp3) is 0.167. The van der Waals surface area contributed by atoms with E-state index in [1.807, 2.05) is 5.92 Å². The summed E-state index contributed by atoms with van der Waals surface area (Å²) in [5.41, 5.74) is -1.05. The Morgan fingerprint density at radius 1 is 1.38 bits per heavy atom. The Morgan fingerprint density at radius 3 is 2.38 bits per heavy atom. The highest BCUT2D eigenvalue weighted by atomic mass is 16.4. The first-order valence-electron chi connectivity index (χ1n) is 4.58. The molecule has 0 fully saturated rings.